The van der Waals surface area contributed by atoms with E-state index in [2.05, 4.69) is 24.0 Å². The molecular weight excluding hydrogens is 216 g/mol. The van der Waals surface area contributed by atoms with Crippen LogP contribution >= 0.6 is 0 Å². The molecule has 2 N–H and O–H groups in total. The Bertz CT molecular complexity index is 339. The van der Waals surface area contributed by atoms with Gasteiger partial charge in [0.2, 0.25) is 0 Å². The molecule has 17 heavy (non-hydrogen) atoms. The minimum absolute atomic E-state index is 0.133. The molecule has 0 amide bonds. The van der Waals surface area contributed by atoms with Crippen LogP contribution in [0.4, 0.5) is 0 Å². The largest absolute Gasteiger partial charge is 0.380 e. The molecule has 5 nitrogen and oxygen atoms in total. The first kappa shape index (κ1) is 14.2. The molecule has 1 rings (SSSR count). The van der Waals surface area contributed by atoms with Gasteiger partial charge in [-0.05, 0) is 20.9 Å². The van der Waals surface area contributed by atoms with E-state index in [1.54, 1.807) is 0 Å². The Morgan fingerprint density at radius 2 is 2.29 bits per heavy atom. The van der Waals surface area contributed by atoms with Crippen LogP contribution in [0.15, 0.2) is 12.4 Å². The maximum Gasteiger partial charge on any atom is 0.0659 e. The number of hydrogen-bond acceptors (Lipinski definition) is 4. The number of nitrogens with zero attached hydrogens (tertiary/aromatic N) is 3. The normalized spacial score (nSPS) is 15.2. The predicted octanol–water partition coefficient (Wildman–Crippen LogP) is 0.606. The number of rotatable bonds is 7. The van der Waals surface area contributed by atoms with Crippen molar-refractivity contribution >= 4 is 0 Å². The van der Waals surface area contributed by atoms with Gasteiger partial charge in [0.05, 0.1) is 18.3 Å². The molecule has 1 aromatic heterocycles. The van der Waals surface area contributed by atoms with E-state index in [1.807, 2.05) is 31.0 Å². The predicted molar refractivity (Wildman–Crippen MR) is 68.6 cm³/mol. The van der Waals surface area contributed by atoms with Crippen LogP contribution in [-0.2, 0) is 18.3 Å². The van der Waals surface area contributed by atoms with Crippen LogP contribution in [0.3, 0.4) is 0 Å². The first-order valence-corrected chi connectivity index (χ1v) is 5.98. The summed E-state index contributed by atoms with van der Waals surface area (Å²) < 4.78 is 7.32. The Morgan fingerprint density at radius 3 is 2.76 bits per heavy atom. The highest BCUT2D eigenvalue weighted by molar-refractivity contribution is 5.04. The van der Waals surface area contributed by atoms with Gasteiger partial charge in [-0.2, -0.15) is 5.10 Å². The topological polar surface area (TPSA) is 56.3 Å². The van der Waals surface area contributed by atoms with Crippen molar-refractivity contribution in [2.45, 2.75) is 25.9 Å². The number of ether oxygens (including phenoxy) is 1. The summed E-state index contributed by atoms with van der Waals surface area (Å²) in [5.41, 5.74) is 6.92. The van der Waals surface area contributed by atoms with Gasteiger partial charge in [-0.1, -0.05) is 0 Å². The molecule has 0 aromatic carbocycles. The summed E-state index contributed by atoms with van der Waals surface area (Å²) in [4.78, 5) is 2.22. The molecule has 0 aliphatic heterocycles. The molecule has 98 valence electrons. The lowest BCUT2D eigenvalue weighted by Crippen LogP contribution is -2.52. The number of hydrogen-bond donors (Lipinski definition) is 1. The molecular formula is C12H24N4O. The van der Waals surface area contributed by atoms with E-state index >= 15 is 0 Å². The molecule has 0 aliphatic carbocycles. The Balaban J connectivity index is 2.62. The lowest BCUT2D eigenvalue weighted by Gasteiger charge is -2.37. The first-order chi connectivity index (χ1) is 8.01. The highest BCUT2D eigenvalue weighted by Crippen LogP contribution is 2.15. The van der Waals surface area contributed by atoms with Gasteiger partial charge in [-0.3, -0.25) is 9.58 Å². The number of nitrogens with two attached hydrogens (primary N) is 1. The van der Waals surface area contributed by atoms with Crippen molar-refractivity contribution in [1.29, 1.82) is 0 Å². The average molecular weight is 240 g/mol. The Hall–Kier alpha value is -0.910. The van der Waals surface area contributed by atoms with Gasteiger partial charge in [0.1, 0.15) is 0 Å². The zero-order chi connectivity index (χ0) is 12.9. The number of likely N-dealkylation sites (N-methyl/N-ethyl adjacent to an activating group) is 1. The summed E-state index contributed by atoms with van der Waals surface area (Å²) in [5, 5.41) is 4.17. The molecule has 5 heteroatoms. The summed E-state index contributed by atoms with van der Waals surface area (Å²) in [7, 11) is 3.99. The third-order valence-corrected chi connectivity index (χ3v) is 3.16. The fraction of sp³-hybridized carbons (Fsp3) is 0.750. The van der Waals surface area contributed by atoms with Crippen LogP contribution in [0.25, 0.3) is 0 Å². The van der Waals surface area contributed by atoms with Crippen molar-refractivity contribution in [3.63, 3.8) is 0 Å². The second-order valence-electron chi connectivity index (χ2n) is 4.72. The van der Waals surface area contributed by atoms with Gasteiger partial charge in [0.25, 0.3) is 0 Å². The van der Waals surface area contributed by atoms with Crippen LogP contribution in [0.5, 0.6) is 0 Å². The van der Waals surface area contributed by atoms with Crippen LogP contribution in [-0.4, -0.2) is 47.0 Å². The van der Waals surface area contributed by atoms with E-state index in [9.17, 15) is 0 Å². The summed E-state index contributed by atoms with van der Waals surface area (Å²) in [6.45, 7) is 6.89. The molecule has 0 saturated carbocycles. The molecule has 0 fully saturated rings. The molecule has 0 radical (unpaired) electrons. The van der Waals surface area contributed by atoms with E-state index < -0.39 is 0 Å². The number of aryl methyl sites for hydroxylation is 1. The van der Waals surface area contributed by atoms with Gasteiger partial charge in [0.15, 0.2) is 0 Å². The van der Waals surface area contributed by atoms with E-state index in [0.717, 1.165) is 13.2 Å². The molecule has 1 atom stereocenters. The second kappa shape index (κ2) is 6.14. The number of aromatic nitrogens is 2. The van der Waals surface area contributed by atoms with E-state index in [4.69, 9.17) is 10.5 Å². The lowest BCUT2D eigenvalue weighted by atomic mass is 10.0. The SMILES string of the molecule is CCOCC(C)(CN)N(C)Cc1cnn(C)c1. The lowest BCUT2D eigenvalue weighted by molar-refractivity contribution is 0.0202. The van der Waals surface area contributed by atoms with E-state index in [1.165, 1.54) is 5.56 Å². The maximum atomic E-state index is 5.87. The van der Waals surface area contributed by atoms with Crippen molar-refractivity contribution < 1.29 is 4.74 Å². The molecule has 1 unspecified atom stereocenters. The van der Waals surface area contributed by atoms with Crippen molar-refractivity contribution in [3.8, 4) is 0 Å². The van der Waals surface area contributed by atoms with Crippen LogP contribution in [0.1, 0.15) is 19.4 Å². The van der Waals surface area contributed by atoms with Crippen molar-refractivity contribution in [1.82, 2.24) is 14.7 Å². The van der Waals surface area contributed by atoms with Gasteiger partial charge in [-0.15, -0.1) is 0 Å². The summed E-state index contributed by atoms with van der Waals surface area (Å²) in [6, 6.07) is 0. The minimum Gasteiger partial charge on any atom is -0.380 e. The molecule has 0 bridgehead atoms. The van der Waals surface area contributed by atoms with E-state index in [0.29, 0.717) is 13.2 Å². The zero-order valence-electron chi connectivity index (χ0n) is 11.3. The Kier molecular flexibility index (Phi) is 5.11. The van der Waals surface area contributed by atoms with Crippen LogP contribution in [0, 0.1) is 0 Å². The van der Waals surface area contributed by atoms with Gasteiger partial charge in [-0.25, -0.2) is 0 Å². The quantitative estimate of drug-likeness (QED) is 0.758. The summed E-state index contributed by atoms with van der Waals surface area (Å²) in [6.07, 6.45) is 3.90. The summed E-state index contributed by atoms with van der Waals surface area (Å²) in [5.74, 6) is 0. The second-order valence-corrected chi connectivity index (χ2v) is 4.72. The monoisotopic (exact) mass is 240 g/mol. The fourth-order valence-electron chi connectivity index (χ4n) is 1.67. The van der Waals surface area contributed by atoms with Crippen LogP contribution < -0.4 is 5.73 Å². The maximum absolute atomic E-state index is 5.87. The molecule has 1 aromatic rings. The zero-order valence-corrected chi connectivity index (χ0v) is 11.3. The van der Waals surface area contributed by atoms with Crippen molar-refractivity contribution in [2.24, 2.45) is 12.8 Å². The van der Waals surface area contributed by atoms with E-state index in [-0.39, 0.29) is 5.54 Å². The van der Waals surface area contributed by atoms with Crippen molar-refractivity contribution in [3.05, 3.63) is 18.0 Å². The fourth-order valence-corrected chi connectivity index (χ4v) is 1.67. The molecule has 1 heterocycles. The van der Waals surface area contributed by atoms with Gasteiger partial charge >= 0.3 is 0 Å². The molecule has 0 saturated heterocycles. The van der Waals surface area contributed by atoms with Crippen molar-refractivity contribution in [2.75, 3.05) is 26.8 Å². The minimum atomic E-state index is -0.133. The summed E-state index contributed by atoms with van der Waals surface area (Å²) >= 11 is 0. The first-order valence-electron chi connectivity index (χ1n) is 5.98. The van der Waals surface area contributed by atoms with Gasteiger partial charge in [0, 0.05) is 38.5 Å². The third kappa shape index (κ3) is 3.80. The molecule has 0 aliphatic rings. The smallest absolute Gasteiger partial charge is 0.0659 e. The Morgan fingerprint density at radius 1 is 1.59 bits per heavy atom. The highest BCUT2D eigenvalue weighted by Gasteiger charge is 2.28. The Labute approximate surface area is 104 Å². The van der Waals surface area contributed by atoms with Gasteiger partial charge < -0.3 is 10.5 Å². The molecule has 0 spiro atoms. The van der Waals surface area contributed by atoms with Crippen LogP contribution in [0.2, 0.25) is 0 Å². The average Bonchev–Trinajstić information content (AvgIpc) is 2.71. The standard InChI is InChI=1S/C12H24N4O/c1-5-17-10-12(2,9-13)15(3)7-11-6-14-16(4)8-11/h6,8H,5,7,9-10,13H2,1-4H3. The highest BCUT2D eigenvalue weighted by atomic mass is 16.5. The third-order valence-electron chi connectivity index (χ3n) is 3.16.